The predicted octanol–water partition coefficient (Wildman–Crippen LogP) is 5.47. The van der Waals surface area contributed by atoms with Gasteiger partial charge in [0.1, 0.15) is 26.4 Å². The number of nitrogens with one attached hydrogen (secondary N) is 2. The lowest BCUT2D eigenvalue weighted by Gasteiger charge is -2.24. The van der Waals surface area contributed by atoms with Gasteiger partial charge in [0.15, 0.2) is 0 Å². The Morgan fingerprint density at radius 3 is 2.19 bits per heavy atom. The summed E-state index contributed by atoms with van der Waals surface area (Å²) in [5, 5.41) is 14.0. The number of amides is 3. The van der Waals surface area contributed by atoms with E-state index in [4.69, 9.17) is 40.5 Å². The number of hydrogen-bond donors (Lipinski definition) is 5. The lowest BCUT2D eigenvalue weighted by molar-refractivity contribution is -0.159. The van der Waals surface area contributed by atoms with E-state index in [0.29, 0.717) is 47.1 Å². The summed E-state index contributed by atoms with van der Waals surface area (Å²) in [5.74, 6) is -2.13. The Balaban J connectivity index is 0.00000105. The molecule has 1 unspecified atom stereocenters. The highest BCUT2D eigenvalue weighted by Crippen LogP contribution is 2.39. The van der Waals surface area contributed by atoms with Gasteiger partial charge in [0.05, 0.1) is 41.8 Å². The van der Waals surface area contributed by atoms with Crippen molar-refractivity contribution in [3.8, 4) is 11.4 Å². The Bertz CT molecular complexity index is 2580. The second kappa shape index (κ2) is 31.3. The second-order valence-electron chi connectivity index (χ2n) is 16.7. The van der Waals surface area contributed by atoms with Crippen molar-refractivity contribution in [2.45, 2.75) is 120 Å². The van der Waals surface area contributed by atoms with Crippen LogP contribution in [0.4, 0.5) is 10.5 Å². The summed E-state index contributed by atoms with van der Waals surface area (Å²) in [4.78, 5) is 79.3. The molecule has 0 fully saturated rings. The summed E-state index contributed by atoms with van der Waals surface area (Å²) in [7, 11) is -3.50. The van der Waals surface area contributed by atoms with E-state index < -0.39 is 64.7 Å². The molecule has 7 N–H and O–H groups in total. The number of anilines is 1. The number of pyridine rings is 2. The molecule has 3 amide bonds. The van der Waals surface area contributed by atoms with E-state index in [1.807, 2.05) is 52.0 Å². The van der Waals surface area contributed by atoms with Crippen LogP contribution in [0.5, 0.6) is 0 Å². The number of unbranched alkanes of at least 4 members (excludes halogenated alkanes) is 1. The number of esters is 1. The minimum atomic E-state index is -3.50. The van der Waals surface area contributed by atoms with Gasteiger partial charge in [0.2, 0.25) is 33.8 Å². The number of nitrogens with two attached hydrogens (primary N) is 2. The van der Waals surface area contributed by atoms with Crippen LogP contribution in [-0.4, -0.2) is 109 Å². The molecule has 6 rings (SSSR count). The molecule has 0 bridgehead atoms. The van der Waals surface area contributed by atoms with Crippen LogP contribution in [0.1, 0.15) is 115 Å². The van der Waals surface area contributed by atoms with Crippen LogP contribution in [-0.2, 0) is 74.3 Å². The minimum Gasteiger partial charge on any atom is -0.458 e. The van der Waals surface area contributed by atoms with E-state index in [0.717, 1.165) is 29.5 Å². The van der Waals surface area contributed by atoms with Gasteiger partial charge >= 0.3 is 12.1 Å². The molecule has 0 saturated carbocycles. The lowest BCUT2D eigenvalue weighted by atomic mass is 9.97. The van der Waals surface area contributed by atoms with Crippen molar-refractivity contribution < 1.29 is 56.4 Å². The fraction of sp³-hybridized carbons (Fsp3) is 0.510. The number of fused-ring (bicyclic) bond motifs is 5. The third-order valence-corrected chi connectivity index (χ3v) is 12.0. The highest BCUT2D eigenvalue weighted by atomic mass is 32.2. The fourth-order valence-corrected chi connectivity index (χ4v) is 8.36. The number of primary amides is 1. The summed E-state index contributed by atoms with van der Waals surface area (Å²) in [5.41, 5.74) is 13.9. The molecule has 4 aromatic rings. The number of rotatable bonds is 19. The zero-order valence-corrected chi connectivity index (χ0v) is 44.2. The van der Waals surface area contributed by atoms with Crippen LogP contribution in [0.25, 0.3) is 22.3 Å². The average Bonchev–Trinajstić information content (AvgIpc) is 3.71. The monoisotopic (exact) mass is 1030 g/mol. The Kier molecular flexibility index (Phi) is 26.9. The Morgan fingerprint density at radius 2 is 1.64 bits per heavy atom. The summed E-state index contributed by atoms with van der Waals surface area (Å²) >= 11 is 0. The van der Waals surface area contributed by atoms with Gasteiger partial charge in [-0.25, -0.2) is 23.0 Å². The van der Waals surface area contributed by atoms with Gasteiger partial charge in [0.25, 0.3) is 5.56 Å². The van der Waals surface area contributed by atoms with Crippen molar-refractivity contribution in [3.05, 3.63) is 92.8 Å². The normalized spacial score (nSPS) is 13.0. The molecule has 0 saturated heterocycles. The van der Waals surface area contributed by atoms with Gasteiger partial charge in [-0.2, -0.15) is 4.31 Å². The van der Waals surface area contributed by atoms with Gasteiger partial charge in [-0.15, -0.1) is 0 Å². The number of nitrogens with zero attached hydrogens (tertiary/aromatic N) is 3. The topological polar surface area (TPSA) is 291 Å². The van der Waals surface area contributed by atoms with Crippen LogP contribution in [0.2, 0.25) is 0 Å². The zero-order chi connectivity index (χ0) is 54.1. The van der Waals surface area contributed by atoms with Crippen LogP contribution < -0.4 is 27.7 Å². The number of hydrogen-bond acceptors (Lipinski definition) is 15. The van der Waals surface area contributed by atoms with Gasteiger partial charge in [-0.1, -0.05) is 85.2 Å². The van der Waals surface area contributed by atoms with E-state index >= 15 is 0 Å². The Labute approximate surface area is 423 Å². The van der Waals surface area contributed by atoms with Crippen molar-refractivity contribution in [1.82, 2.24) is 19.2 Å². The molecule has 1 atom stereocenters. The molecular weight excluding hydrogens is 951 g/mol. The van der Waals surface area contributed by atoms with Gasteiger partial charge in [-0.05, 0) is 81.0 Å². The summed E-state index contributed by atoms with van der Waals surface area (Å²) < 4.78 is 48.8. The first-order valence-electron chi connectivity index (χ1n) is 24.3. The lowest BCUT2D eigenvalue weighted by Crippen LogP contribution is -2.37. The third-order valence-electron chi connectivity index (χ3n) is 10.5. The Hall–Kier alpha value is -6.26. The van der Waals surface area contributed by atoms with Crippen molar-refractivity contribution in [1.29, 1.82) is 0 Å². The molecule has 2 aromatic carbocycles. The van der Waals surface area contributed by atoms with Crippen LogP contribution >= 0.6 is 0 Å². The van der Waals surface area contributed by atoms with E-state index in [1.165, 1.54) is 40.1 Å². The number of sulfonamides is 1. The van der Waals surface area contributed by atoms with Crippen molar-refractivity contribution in [2.75, 3.05) is 51.0 Å². The second-order valence-corrected chi connectivity index (χ2v) is 18.6. The molecule has 21 heteroatoms. The molecule has 2 aromatic heterocycles. The molecule has 0 aliphatic carbocycles. The predicted molar refractivity (Wildman–Crippen MR) is 276 cm³/mol. The number of carbonyl (C=O) groups is 5. The maximum absolute atomic E-state index is 14.0. The zero-order valence-electron chi connectivity index (χ0n) is 43.4. The average molecular weight is 1030 g/mol. The maximum Gasteiger partial charge on any atom is 0.509 e. The first kappa shape index (κ1) is 61.9. The number of aliphatic hydroxyl groups is 1. The van der Waals surface area contributed by atoms with E-state index in [-0.39, 0.29) is 50.0 Å². The smallest absolute Gasteiger partial charge is 0.458 e. The molecule has 2 aliphatic rings. The van der Waals surface area contributed by atoms with E-state index in [1.54, 1.807) is 32.0 Å². The van der Waals surface area contributed by atoms with Crippen molar-refractivity contribution in [3.63, 3.8) is 0 Å². The van der Waals surface area contributed by atoms with Crippen LogP contribution in [0.3, 0.4) is 0 Å². The van der Waals surface area contributed by atoms with E-state index in [9.17, 15) is 37.2 Å². The summed E-state index contributed by atoms with van der Waals surface area (Å²) in [6.07, 6.45) is 2.03. The first-order chi connectivity index (χ1) is 34.3. The quantitative estimate of drug-likeness (QED) is 0.0641. The SMILES string of the molecule is CC.CC.CC(C)CCO.CC(C)N(CCc1c2c(nc3ccccc13)-c1cc3c(c(=O)n1C2)COC(=O)C3OC(=O)OCc1ccc(NC(=O)CNC(=O)COCC(N)=O)cc1)S(C)(=O)=O.CCCCN. The molecule has 2 aliphatic heterocycles. The minimum absolute atomic E-state index is 0.131. The molecule has 72 heavy (non-hydrogen) atoms. The molecule has 20 nitrogen and oxygen atoms in total. The Morgan fingerprint density at radius 1 is 0.972 bits per heavy atom. The molecule has 398 valence electrons. The number of carbonyl (C=O) groups excluding carboxylic acids is 5. The van der Waals surface area contributed by atoms with Gasteiger partial charge < -0.3 is 50.7 Å². The van der Waals surface area contributed by atoms with Crippen LogP contribution in [0, 0.1) is 5.92 Å². The number of aromatic nitrogens is 2. The molecule has 0 spiro atoms. The summed E-state index contributed by atoms with van der Waals surface area (Å²) in [6.45, 7) is 17.6. The van der Waals surface area contributed by atoms with Gasteiger partial charge in [0, 0.05) is 41.4 Å². The van der Waals surface area contributed by atoms with Crippen molar-refractivity contribution >= 4 is 56.5 Å². The number of aliphatic hydroxyl groups excluding tert-OH is 1. The molecule has 0 radical (unpaired) electrons. The number of benzene rings is 2. The number of cyclic esters (lactones) is 1. The van der Waals surface area contributed by atoms with Crippen LogP contribution in [0.15, 0.2) is 59.4 Å². The first-order valence-corrected chi connectivity index (χ1v) is 26.1. The highest BCUT2D eigenvalue weighted by Gasteiger charge is 2.38. The third kappa shape index (κ3) is 18.7. The van der Waals surface area contributed by atoms with Gasteiger partial charge in [-0.3, -0.25) is 19.2 Å². The van der Waals surface area contributed by atoms with Crippen molar-refractivity contribution in [2.24, 2.45) is 17.4 Å². The number of para-hydroxylation sites is 1. The number of ether oxygens (including phenoxy) is 4. The highest BCUT2D eigenvalue weighted by molar-refractivity contribution is 7.88. The fourth-order valence-electron chi connectivity index (χ4n) is 7.17. The molecular formula is C51H75N7O13S. The van der Waals surface area contributed by atoms with E-state index in [2.05, 4.69) is 31.4 Å². The molecule has 4 heterocycles. The largest absolute Gasteiger partial charge is 0.509 e. The summed E-state index contributed by atoms with van der Waals surface area (Å²) in [6, 6.07) is 15.0. The standard InChI is InChI=1S/C38H40N6O12S.C5H12O.C4H11N.2C2H6/c1-21(2)44(57(3,51)52)13-12-24-25-6-4-5-7-29(25)42-34-27(24)16-43-30(34)14-26-28(36(43)48)18-54-37(49)35(26)56-38(50)55-17-22-8-10-23(11-9-22)41-32(46)15-40-33(47)20-53-19-31(39)45;1-5(2)3-4-6;1-2-3-4-5;2*1-2/h4-11,14,21,35H,12-13,15-20H2,1-3H3,(H2,39,45)(H,40,47)(H,41,46);5-6H,3-4H2,1-2H3;2-5H2,1H3;2*1-2H3. The maximum atomic E-state index is 14.0.